The molecule has 1 fully saturated rings. The van der Waals surface area contributed by atoms with E-state index in [4.69, 9.17) is 11.6 Å². The first-order chi connectivity index (χ1) is 10.4. The maximum atomic E-state index is 12.4. The van der Waals surface area contributed by atoms with Gasteiger partial charge in [0.05, 0.1) is 6.04 Å². The molecule has 1 saturated carbocycles. The topological polar surface area (TPSA) is 41.1 Å². The van der Waals surface area contributed by atoms with Gasteiger partial charge in [-0.3, -0.25) is 4.79 Å². The van der Waals surface area contributed by atoms with E-state index in [0.717, 1.165) is 23.6 Å². The van der Waals surface area contributed by atoms with E-state index >= 15 is 0 Å². The van der Waals surface area contributed by atoms with Crippen molar-refractivity contribution in [1.82, 2.24) is 5.32 Å². The maximum absolute atomic E-state index is 12.4. The summed E-state index contributed by atoms with van der Waals surface area (Å²) in [5.74, 6) is 1.32. The van der Waals surface area contributed by atoms with E-state index in [-0.39, 0.29) is 11.9 Å². The predicted molar refractivity (Wildman–Crippen MR) is 93.4 cm³/mol. The number of hydrogen-bond acceptors (Lipinski definition) is 2. The average molecular weight is 323 g/mol. The number of benzene rings is 1. The van der Waals surface area contributed by atoms with E-state index in [0.29, 0.717) is 17.0 Å². The number of anilines is 1. The standard InChI is InChI=1S/C18H27ClN2O/c1-11-7-5-9-16(12(11)2)20-14(4)18(22)21-17-10-6-8-15(19)13(17)3/h6,8,10-12,14,16,20H,5,7,9H2,1-4H3,(H,21,22). The van der Waals surface area contributed by atoms with E-state index in [1.807, 2.05) is 32.0 Å². The van der Waals surface area contributed by atoms with Gasteiger partial charge in [0, 0.05) is 16.8 Å². The first-order valence-corrected chi connectivity index (χ1v) is 8.60. The molecule has 22 heavy (non-hydrogen) atoms. The Balaban J connectivity index is 1.96. The van der Waals surface area contributed by atoms with Crippen LogP contribution in [0.1, 0.15) is 45.6 Å². The lowest BCUT2D eigenvalue weighted by Crippen LogP contribution is -2.49. The molecule has 2 rings (SSSR count). The fourth-order valence-corrected chi connectivity index (χ4v) is 3.37. The molecular formula is C18H27ClN2O. The van der Waals surface area contributed by atoms with Gasteiger partial charge in [0.2, 0.25) is 5.91 Å². The van der Waals surface area contributed by atoms with Crippen LogP contribution in [0.25, 0.3) is 0 Å². The normalized spacial score (nSPS) is 26.5. The third-order valence-corrected chi connectivity index (χ3v) is 5.50. The molecular weight excluding hydrogens is 296 g/mol. The van der Waals surface area contributed by atoms with Crippen LogP contribution in [-0.2, 0) is 4.79 Å². The monoisotopic (exact) mass is 322 g/mol. The molecule has 1 aromatic rings. The van der Waals surface area contributed by atoms with Crippen LogP contribution in [0.5, 0.6) is 0 Å². The lowest BCUT2D eigenvalue weighted by Gasteiger charge is -2.36. The molecule has 4 unspecified atom stereocenters. The molecule has 1 aliphatic rings. The molecule has 122 valence electrons. The fourth-order valence-electron chi connectivity index (χ4n) is 3.20. The van der Waals surface area contributed by atoms with Gasteiger partial charge in [-0.2, -0.15) is 0 Å². The molecule has 4 heteroatoms. The lowest BCUT2D eigenvalue weighted by molar-refractivity contribution is -0.118. The second-order valence-corrected chi connectivity index (χ2v) is 7.07. The van der Waals surface area contributed by atoms with E-state index in [1.54, 1.807) is 0 Å². The molecule has 0 aliphatic heterocycles. The summed E-state index contributed by atoms with van der Waals surface area (Å²) in [7, 11) is 0. The minimum Gasteiger partial charge on any atom is -0.324 e. The minimum absolute atomic E-state index is 0.00390. The Bertz CT molecular complexity index is 532. The first-order valence-electron chi connectivity index (χ1n) is 8.22. The van der Waals surface area contributed by atoms with E-state index in [1.165, 1.54) is 12.8 Å². The molecule has 1 aliphatic carbocycles. The Morgan fingerprint density at radius 2 is 2.05 bits per heavy atom. The molecule has 1 amide bonds. The molecule has 0 bridgehead atoms. The zero-order valence-electron chi connectivity index (χ0n) is 13.9. The molecule has 3 nitrogen and oxygen atoms in total. The highest BCUT2D eigenvalue weighted by atomic mass is 35.5. The van der Waals surface area contributed by atoms with Gasteiger partial charge in [-0.15, -0.1) is 0 Å². The third kappa shape index (κ3) is 4.02. The van der Waals surface area contributed by atoms with Crippen molar-refractivity contribution >= 4 is 23.2 Å². The van der Waals surface area contributed by atoms with Gasteiger partial charge in [-0.1, -0.05) is 44.4 Å². The summed E-state index contributed by atoms with van der Waals surface area (Å²) in [5.41, 5.74) is 1.69. The molecule has 0 heterocycles. The number of halogens is 1. The SMILES string of the molecule is Cc1c(Cl)cccc1NC(=O)C(C)NC1CCCC(C)C1C. The van der Waals surface area contributed by atoms with Crippen molar-refractivity contribution in [2.45, 2.75) is 59.0 Å². The van der Waals surface area contributed by atoms with Crippen LogP contribution in [0.4, 0.5) is 5.69 Å². The van der Waals surface area contributed by atoms with Crippen molar-refractivity contribution in [3.8, 4) is 0 Å². The smallest absolute Gasteiger partial charge is 0.241 e. The van der Waals surface area contributed by atoms with Gasteiger partial charge in [0.15, 0.2) is 0 Å². The van der Waals surface area contributed by atoms with Crippen molar-refractivity contribution < 1.29 is 4.79 Å². The Kier molecular flexibility index (Phi) is 5.87. The van der Waals surface area contributed by atoms with Gasteiger partial charge in [-0.05, 0) is 49.8 Å². The summed E-state index contributed by atoms with van der Waals surface area (Å²) in [6, 6.07) is 5.78. The van der Waals surface area contributed by atoms with Crippen LogP contribution in [0.3, 0.4) is 0 Å². The van der Waals surface area contributed by atoms with Crippen molar-refractivity contribution in [3.63, 3.8) is 0 Å². The van der Waals surface area contributed by atoms with Crippen molar-refractivity contribution in [2.75, 3.05) is 5.32 Å². The van der Waals surface area contributed by atoms with Crippen molar-refractivity contribution in [3.05, 3.63) is 28.8 Å². The second-order valence-electron chi connectivity index (χ2n) is 6.66. The highest BCUT2D eigenvalue weighted by Gasteiger charge is 2.29. The molecule has 0 aromatic heterocycles. The van der Waals surface area contributed by atoms with Crippen molar-refractivity contribution in [1.29, 1.82) is 0 Å². The summed E-state index contributed by atoms with van der Waals surface area (Å²) in [4.78, 5) is 12.4. The Hall–Kier alpha value is -1.06. The van der Waals surface area contributed by atoms with E-state index in [9.17, 15) is 4.79 Å². The molecule has 0 saturated heterocycles. The summed E-state index contributed by atoms with van der Waals surface area (Å²) >= 11 is 6.10. The third-order valence-electron chi connectivity index (χ3n) is 5.09. The number of carbonyl (C=O) groups is 1. The Morgan fingerprint density at radius 1 is 1.32 bits per heavy atom. The van der Waals surface area contributed by atoms with E-state index in [2.05, 4.69) is 24.5 Å². The largest absolute Gasteiger partial charge is 0.324 e. The van der Waals surface area contributed by atoms with Gasteiger partial charge < -0.3 is 10.6 Å². The zero-order chi connectivity index (χ0) is 16.3. The number of hydrogen-bond donors (Lipinski definition) is 2. The number of amides is 1. The minimum atomic E-state index is -0.212. The first kappa shape index (κ1) is 17.3. The Labute approximate surface area is 138 Å². The van der Waals surface area contributed by atoms with Crippen LogP contribution in [0.15, 0.2) is 18.2 Å². The summed E-state index contributed by atoms with van der Waals surface area (Å²) in [6.45, 7) is 8.44. The summed E-state index contributed by atoms with van der Waals surface area (Å²) in [6.07, 6.45) is 3.69. The average Bonchev–Trinajstić information content (AvgIpc) is 2.48. The lowest BCUT2D eigenvalue weighted by atomic mass is 9.78. The van der Waals surface area contributed by atoms with Gasteiger partial charge in [0.25, 0.3) is 0 Å². The molecule has 0 spiro atoms. The maximum Gasteiger partial charge on any atom is 0.241 e. The molecule has 2 N–H and O–H groups in total. The zero-order valence-corrected chi connectivity index (χ0v) is 14.7. The summed E-state index contributed by atoms with van der Waals surface area (Å²) < 4.78 is 0. The number of carbonyl (C=O) groups excluding carboxylic acids is 1. The molecule has 0 radical (unpaired) electrons. The van der Waals surface area contributed by atoms with E-state index < -0.39 is 0 Å². The van der Waals surface area contributed by atoms with Gasteiger partial charge in [-0.25, -0.2) is 0 Å². The number of nitrogens with one attached hydrogen (secondary N) is 2. The number of rotatable bonds is 4. The van der Waals surface area contributed by atoms with Crippen LogP contribution in [0.2, 0.25) is 5.02 Å². The molecule has 1 aromatic carbocycles. The van der Waals surface area contributed by atoms with Crippen LogP contribution in [0, 0.1) is 18.8 Å². The van der Waals surface area contributed by atoms with Gasteiger partial charge >= 0.3 is 0 Å². The molecule has 4 atom stereocenters. The predicted octanol–water partition coefficient (Wildman–Crippen LogP) is 4.39. The highest BCUT2D eigenvalue weighted by molar-refractivity contribution is 6.31. The van der Waals surface area contributed by atoms with Crippen LogP contribution in [-0.4, -0.2) is 18.0 Å². The fraction of sp³-hybridized carbons (Fsp3) is 0.611. The van der Waals surface area contributed by atoms with Crippen LogP contribution < -0.4 is 10.6 Å². The highest BCUT2D eigenvalue weighted by Crippen LogP contribution is 2.30. The second kappa shape index (κ2) is 7.47. The quantitative estimate of drug-likeness (QED) is 0.863. The summed E-state index contributed by atoms with van der Waals surface area (Å²) in [5, 5.41) is 7.16. The van der Waals surface area contributed by atoms with Gasteiger partial charge in [0.1, 0.15) is 0 Å². The Morgan fingerprint density at radius 3 is 2.77 bits per heavy atom. The van der Waals surface area contributed by atoms with Crippen LogP contribution >= 0.6 is 11.6 Å². The van der Waals surface area contributed by atoms with Crippen molar-refractivity contribution in [2.24, 2.45) is 11.8 Å².